The van der Waals surface area contributed by atoms with Gasteiger partial charge in [0.1, 0.15) is 5.82 Å². The summed E-state index contributed by atoms with van der Waals surface area (Å²) in [6.07, 6.45) is 1.02. The number of nitrogens with zero attached hydrogens (tertiary/aromatic N) is 3. The van der Waals surface area contributed by atoms with E-state index in [4.69, 9.17) is 4.98 Å². The predicted octanol–water partition coefficient (Wildman–Crippen LogP) is 3.96. The molecule has 1 saturated heterocycles. The zero-order valence-corrected chi connectivity index (χ0v) is 15.4. The largest absolute Gasteiger partial charge is 0.345 e. The summed E-state index contributed by atoms with van der Waals surface area (Å²) in [6, 6.07) is 12.2. The zero-order chi connectivity index (χ0) is 18.1. The highest BCUT2D eigenvalue weighted by atomic mass is 32.1. The average Bonchev–Trinajstić information content (AvgIpc) is 3.11. The van der Waals surface area contributed by atoms with E-state index < -0.39 is 0 Å². The first-order valence-electron chi connectivity index (χ1n) is 8.83. The second kappa shape index (κ2) is 7.03. The predicted molar refractivity (Wildman–Crippen MR) is 104 cm³/mol. The van der Waals surface area contributed by atoms with Crippen LogP contribution < -0.4 is 4.90 Å². The van der Waals surface area contributed by atoms with Crippen molar-refractivity contribution in [2.24, 2.45) is 0 Å². The molecule has 0 unspecified atom stereocenters. The molecular formula is C20H20FN3OS. The van der Waals surface area contributed by atoms with Crippen LogP contribution in [0.2, 0.25) is 0 Å². The number of piperazine rings is 1. The number of fused-ring (bicyclic) bond motifs is 1. The number of rotatable bonds is 3. The van der Waals surface area contributed by atoms with Gasteiger partial charge in [-0.15, -0.1) is 0 Å². The maximum absolute atomic E-state index is 13.0. The topological polar surface area (TPSA) is 36.4 Å². The summed E-state index contributed by atoms with van der Waals surface area (Å²) < 4.78 is 14.2. The van der Waals surface area contributed by atoms with Gasteiger partial charge in [0.15, 0.2) is 5.13 Å². The van der Waals surface area contributed by atoms with Crippen LogP contribution in [-0.4, -0.2) is 42.0 Å². The Kier molecular flexibility index (Phi) is 4.59. The van der Waals surface area contributed by atoms with Gasteiger partial charge >= 0.3 is 0 Å². The van der Waals surface area contributed by atoms with Gasteiger partial charge in [-0.1, -0.05) is 24.3 Å². The summed E-state index contributed by atoms with van der Waals surface area (Å²) in [6.45, 7) is 4.96. The molecule has 1 fully saturated rings. The molecule has 3 aromatic rings. The fourth-order valence-corrected chi connectivity index (χ4v) is 4.27. The SMILES string of the molecule is CCc1ccc2nc(N3CCN(C(=O)c4ccc(F)cc4)CC3)sc2c1. The number of carbonyl (C=O) groups is 1. The molecule has 4 nitrogen and oxygen atoms in total. The van der Waals surface area contributed by atoms with Crippen LogP contribution in [-0.2, 0) is 6.42 Å². The second-order valence-corrected chi connectivity index (χ2v) is 7.45. The molecular weight excluding hydrogens is 349 g/mol. The molecule has 26 heavy (non-hydrogen) atoms. The third-order valence-corrected chi connectivity index (χ3v) is 5.86. The van der Waals surface area contributed by atoms with Crippen LogP contribution in [0.15, 0.2) is 42.5 Å². The summed E-state index contributed by atoms with van der Waals surface area (Å²) in [7, 11) is 0. The van der Waals surface area contributed by atoms with E-state index in [1.165, 1.54) is 22.4 Å². The van der Waals surface area contributed by atoms with E-state index in [1.54, 1.807) is 23.5 Å². The van der Waals surface area contributed by atoms with Crippen molar-refractivity contribution >= 4 is 32.6 Å². The summed E-state index contributed by atoms with van der Waals surface area (Å²) >= 11 is 1.71. The van der Waals surface area contributed by atoms with Crippen molar-refractivity contribution in [3.05, 3.63) is 59.4 Å². The lowest BCUT2D eigenvalue weighted by molar-refractivity contribution is 0.0746. The first-order valence-corrected chi connectivity index (χ1v) is 9.65. The number of anilines is 1. The van der Waals surface area contributed by atoms with Crippen LogP contribution in [0.4, 0.5) is 9.52 Å². The fourth-order valence-electron chi connectivity index (χ4n) is 3.19. The minimum atomic E-state index is -0.326. The van der Waals surface area contributed by atoms with Gasteiger partial charge in [0.05, 0.1) is 10.2 Å². The summed E-state index contributed by atoms with van der Waals surface area (Å²) in [5, 5.41) is 1.02. The molecule has 6 heteroatoms. The molecule has 0 radical (unpaired) electrons. The Morgan fingerprint density at radius 2 is 1.85 bits per heavy atom. The standard InChI is InChI=1S/C20H20FN3OS/c1-2-14-3-8-17-18(13-14)26-20(22-17)24-11-9-23(10-12-24)19(25)15-4-6-16(21)7-5-15/h3-8,13H,2,9-12H2,1H3. The molecule has 1 aliphatic heterocycles. The number of hydrogen-bond acceptors (Lipinski definition) is 4. The van der Waals surface area contributed by atoms with Crippen molar-refractivity contribution in [3.8, 4) is 0 Å². The van der Waals surface area contributed by atoms with Gasteiger partial charge in [-0.05, 0) is 48.4 Å². The van der Waals surface area contributed by atoms with Gasteiger partial charge in [-0.3, -0.25) is 4.79 Å². The van der Waals surface area contributed by atoms with Gasteiger partial charge in [-0.25, -0.2) is 9.37 Å². The number of thiazole rings is 1. The number of benzene rings is 2. The van der Waals surface area contributed by atoms with E-state index in [0.717, 1.165) is 30.2 Å². The normalized spacial score (nSPS) is 14.8. The molecule has 0 N–H and O–H groups in total. The lowest BCUT2D eigenvalue weighted by Crippen LogP contribution is -2.48. The minimum Gasteiger partial charge on any atom is -0.345 e. The van der Waals surface area contributed by atoms with Gasteiger partial charge in [0.25, 0.3) is 5.91 Å². The minimum absolute atomic E-state index is 0.0402. The van der Waals surface area contributed by atoms with Crippen molar-refractivity contribution in [1.29, 1.82) is 0 Å². The molecule has 0 atom stereocenters. The van der Waals surface area contributed by atoms with Crippen molar-refractivity contribution in [2.45, 2.75) is 13.3 Å². The smallest absolute Gasteiger partial charge is 0.253 e. The summed E-state index contributed by atoms with van der Waals surface area (Å²) in [5.41, 5.74) is 2.89. The number of carbonyl (C=O) groups excluding carboxylic acids is 1. The van der Waals surface area contributed by atoms with Crippen molar-refractivity contribution < 1.29 is 9.18 Å². The monoisotopic (exact) mass is 369 g/mol. The molecule has 0 bridgehead atoms. The van der Waals surface area contributed by atoms with Crippen LogP contribution in [0.3, 0.4) is 0 Å². The van der Waals surface area contributed by atoms with Gasteiger partial charge in [0.2, 0.25) is 0 Å². The van der Waals surface area contributed by atoms with Gasteiger partial charge in [0, 0.05) is 31.7 Å². The molecule has 2 heterocycles. The molecule has 0 saturated carbocycles. The number of hydrogen-bond donors (Lipinski definition) is 0. The molecule has 0 aliphatic carbocycles. The van der Waals surface area contributed by atoms with Crippen LogP contribution in [0, 0.1) is 5.82 Å². The number of aryl methyl sites for hydroxylation is 1. The quantitative estimate of drug-likeness (QED) is 0.701. The lowest BCUT2D eigenvalue weighted by Gasteiger charge is -2.34. The maximum Gasteiger partial charge on any atom is 0.253 e. The third-order valence-electron chi connectivity index (χ3n) is 4.78. The molecule has 1 aliphatic rings. The maximum atomic E-state index is 13.0. The average molecular weight is 369 g/mol. The van der Waals surface area contributed by atoms with E-state index in [1.807, 2.05) is 4.90 Å². The second-order valence-electron chi connectivity index (χ2n) is 6.44. The van der Waals surface area contributed by atoms with E-state index in [9.17, 15) is 9.18 Å². The van der Waals surface area contributed by atoms with Crippen LogP contribution >= 0.6 is 11.3 Å². The van der Waals surface area contributed by atoms with Gasteiger partial charge in [-0.2, -0.15) is 0 Å². The Labute approximate surface area is 155 Å². The summed E-state index contributed by atoms with van der Waals surface area (Å²) in [4.78, 5) is 21.4. The first-order chi connectivity index (χ1) is 12.6. The Balaban J connectivity index is 1.44. The highest BCUT2D eigenvalue weighted by Gasteiger charge is 2.24. The van der Waals surface area contributed by atoms with Crippen molar-refractivity contribution in [2.75, 3.05) is 31.1 Å². The van der Waals surface area contributed by atoms with Gasteiger partial charge < -0.3 is 9.80 Å². The lowest BCUT2D eigenvalue weighted by atomic mass is 10.2. The summed E-state index contributed by atoms with van der Waals surface area (Å²) in [5.74, 6) is -0.366. The number of aromatic nitrogens is 1. The number of amides is 1. The van der Waals surface area contributed by atoms with Crippen LogP contribution in [0.1, 0.15) is 22.8 Å². The van der Waals surface area contributed by atoms with E-state index in [2.05, 4.69) is 30.0 Å². The molecule has 2 aromatic carbocycles. The van der Waals surface area contributed by atoms with Crippen molar-refractivity contribution in [1.82, 2.24) is 9.88 Å². The highest BCUT2D eigenvalue weighted by molar-refractivity contribution is 7.22. The third kappa shape index (κ3) is 3.29. The Morgan fingerprint density at radius 1 is 1.12 bits per heavy atom. The molecule has 1 amide bonds. The zero-order valence-electron chi connectivity index (χ0n) is 14.6. The molecule has 1 aromatic heterocycles. The number of halogens is 1. The Bertz CT molecular complexity index is 930. The molecule has 134 valence electrons. The molecule has 4 rings (SSSR count). The Hall–Kier alpha value is -2.47. The van der Waals surface area contributed by atoms with Crippen LogP contribution in [0.5, 0.6) is 0 Å². The van der Waals surface area contributed by atoms with E-state index in [0.29, 0.717) is 18.7 Å². The van der Waals surface area contributed by atoms with Crippen LogP contribution in [0.25, 0.3) is 10.2 Å². The fraction of sp³-hybridized carbons (Fsp3) is 0.300. The highest BCUT2D eigenvalue weighted by Crippen LogP contribution is 2.30. The molecule has 0 spiro atoms. The van der Waals surface area contributed by atoms with E-state index >= 15 is 0 Å². The first kappa shape index (κ1) is 17.0. The van der Waals surface area contributed by atoms with E-state index in [-0.39, 0.29) is 11.7 Å². The Morgan fingerprint density at radius 3 is 2.54 bits per heavy atom. The van der Waals surface area contributed by atoms with Crippen molar-refractivity contribution in [3.63, 3.8) is 0 Å².